The molecule has 0 aromatic heterocycles. The quantitative estimate of drug-likeness (QED) is 0.226. The van der Waals surface area contributed by atoms with Crippen molar-refractivity contribution in [1.82, 2.24) is 0 Å². The summed E-state index contributed by atoms with van der Waals surface area (Å²) in [6.07, 6.45) is 1.46. The van der Waals surface area contributed by atoms with Crippen LogP contribution in [0.3, 0.4) is 0 Å². The second-order valence-electron chi connectivity index (χ2n) is 7.82. The molecule has 0 unspecified atom stereocenters. The number of rotatable bonds is 8. The van der Waals surface area contributed by atoms with Crippen LogP contribution in [0.2, 0.25) is 0 Å². The first-order chi connectivity index (χ1) is 17.2. The number of anilines is 2. The topological polar surface area (TPSA) is 100 Å². The molecule has 0 saturated heterocycles. The van der Waals surface area contributed by atoms with Gasteiger partial charge in [-0.15, -0.1) is 0 Å². The number of carbonyl (C=O) groups is 2. The van der Waals surface area contributed by atoms with Gasteiger partial charge < -0.3 is 20.1 Å². The van der Waals surface area contributed by atoms with Gasteiger partial charge in [0.2, 0.25) is 0 Å². The van der Waals surface area contributed by atoms with Crippen molar-refractivity contribution in [1.29, 1.82) is 5.26 Å². The summed E-state index contributed by atoms with van der Waals surface area (Å²) in [5.41, 5.74) is 3.85. The molecule has 3 aromatic rings. The third-order valence-corrected chi connectivity index (χ3v) is 6.23. The molecular formula is C27H23Br2N3O4. The monoisotopic (exact) mass is 611 g/mol. The van der Waals surface area contributed by atoms with Crippen molar-refractivity contribution in [2.45, 2.75) is 13.8 Å². The fourth-order valence-corrected chi connectivity index (χ4v) is 4.72. The molecule has 36 heavy (non-hydrogen) atoms. The first kappa shape index (κ1) is 27.0. The number of methoxy groups -OCH3 is 1. The van der Waals surface area contributed by atoms with Crippen LogP contribution >= 0.6 is 31.9 Å². The van der Waals surface area contributed by atoms with Gasteiger partial charge in [0.05, 0.1) is 16.1 Å². The van der Waals surface area contributed by atoms with E-state index in [0.29, 0.717) is 31.7 Å². The van der Waals surface area contributed by atoms with E-state index in [9.17, 15) is 14.9 Å². The highest BCUT2D eigenvalue weighted by atomic mass is 79.9. The number of ether oxygens (including phenoxy) is 2. The maximum Gasteiger partial charge on any atom is 0.266 e. The lowest BCUT2D eigenvalue weighted by Gasteiger charge is -2.13. The summed E-state index contributed by atoms with van der Waals surface area (Å²) in [5.74, 6) is 0.234. The Kier molecular flexibility index (Phi) is 9.28. The highest BCUT2D eigenvalue weighted by Gasteiger charge is 2.14. The second-order valence-corrected chi connectivity index (χ2v) is 9.53. The largest absolute Gasteiger partial charge is 0.497 e. The number of hydrogen-bond acceptors (Lipinski definition) is 5. The fourth-order valence-electron chi connectivity index (χ4n) is 3.27. The molecule has 0 atom stereocenters. The maximum atomic E-state index is 12.6. The standard InChI is InChI=1S/C27H23Br2N3O4/c1-16-4-9-24(17(2)10-16)32-25(33)15-36-26-22(28)12-18(13-23(26)29)11-19(14-30)27(34)31-20-5-7-21(35-3)8-6-20/h4-13H,15H2,1-3H3,(H,31,34)(H,32,33)/b19-11-. The number of carbonyl (C=O) groups excluding carboxylic acids is 2. The van der Waals surface area contributed by atoms with Gasteiger partial charge in [0.15, 0.2) is 6.61 Å². The Morgan fingerprint density at radius 3 is 2.25 bits per heavy atom. The minimum Gasteiger partial charge on any atom is -0.497 e. The molecule has 184 valence electrons. The first-order valence-corrected chi connectivity index (χ1v) is 12.3. The van der Waals surface area contributed by atoms with Gasteiger partial charge in [-0.05, 0) is 105 Å². The molecule has 0 aliphatic carbocycles. The number of hydrogen-bond donors (Lipinski definition) is 2. The lowest BCUT2D eigenvalue weighted by atomic mass is 10.1. The molecule has 0 spiro atoms. The average molecular weight is 613 g/mol. The number of benzene rings is 3. The van der Waals surface area contributed by atoms with Crippen LogP contribution < -0.4 is 20.1 Å². The zero-order valence-corrected chi connectivity index (χ0v) is 23.0. The van der Waals surface area contributed by atoms with Gasteiger partial charge in [0, 0.05) is 11.4 Å². The molecule has 3 rings (SSSR count). The van der Waals surface area contributed by atoms with Crippen LogP contribution in [0.1, 0.15) is 16.7 Å². The van der Waals surface area contributed by atoms with Crippen molar-refractivity contribution in [3.63, 3.8) is 0 Å². The van der Waals surface area contributed by atoms with Crippen LogP contribution in [0.25, 0.3) is 6.08 Å². The summed E-state index contributed by atoms with van der Waals surface area (Å²) in [4.78, 5) is 25.0. The maximum absolute atomic E-state index is 12.6. The van der Waals surface area contributed by atoms with Crippen LogP contribution in [0.5, 0.6) is 11.5 Å². The zero-order valence-electron chi connectivity index (χ0n) is 19.8. The van der Waals surface area contributed by atoms with Crippen LogP contribution in [-0.4, -0.2) is 25.5 Å². The van der Waals surface area contributed by atoms with E-state index < -0.39 is 5.91 Å². The van der Waals surface area contributed by atoms with E-state index in [1.165, 1.54) is 6.08 Å². The van der Waals surface area contributed by atoms with Crippen molar-refractivity contribution in [3.8, 4) is 17.6 Å². The Morgan fingerprint density at radius 2 is 1.67 bits per heavy atom. The predicted octanol–water partition coefficient (Wildman–Crippen LogP) is 6.40. The Hall–Kier alpha value is -3.61. The third kappa shape index (κ3) is 7.20. The summed E-state index contributed by atoms with van der Waals surface area (Å²) in [5, 5.41) is 15.0. The van der Waals surface area contributed by atoms with Gasteiger partial charge in [0.1, 0.15) is 23.1 Å². The van der Waals surface area contributed by atoms with Gasteiger partial charge in [-0.3, -0.25) is 9.59 Å². The Balaban J connectivity index is 1.68. The summed E-state index contributed by atoms with van der Waals surface area (Å²) in [6.45, 7) is 3.71. The van der Waals surface area contributed by atoms with Crippen LogP contribution in [0.4, 0.5) is 11.4 Å². The smallest absolute Gasteiger partial charge is 0.266 e. The molecule has 9 heteroatoms. The fraction of sp³-hybridized carbons (Fsp3) is 0.148. The van der Waals surface area contributed by atoms with Gasteiger partial charge >= 0.3 is 0 Å². The molecule has 0 fully saturated rings. The molecule has 7 nitrogen and oxygen atoms in total. The summed E-state index contributed by atoms with van der Waals surface area (Å²) in [6, 6.07) is 17.9. The van der Waals surface area contributed by atoms with Crippen molar-refractivity contribution in [2.24, 2.45) is 0 Å². The van der Waals surface area contributed by atoms with E-state index in [4.69, 9.17) is 9.47 Å². The van der Waals surface area contributed by atoms with Crippen molar-refractivity contribution in [3.05, 3.63) is 85.8 Å². The molecule has 0 radical (unpaired) electrons. The van der Waals surface area contributed by atoms with Crippen molar-refractivity contribution < 1.29 is 19.1 Å². The molecule has 0 saturated carbocycles. The second kappa shape index (κ2) is 12.4. The van der Waals surface area contributed by atoms with Crippen molar-refractivity contribution >= 4 is 61.1 Å². The van der Waals surface area contributed by atoms with E-state index in [1.54, 1.807) is 43.5 Å². The summed E-state index contributed by atoms with van der Waals surface area (Å²) in [7, 11) is 1.55. The molecule has 0 aliphatic heterocycles. The zero-order chi connectivity index (χ0) is 26.2. The normalized spacial score (nSPS) is 10.8. The molecule has 0 heterocycles. The van der Waals surface area contributed by atoms with Crippen LogP contribution in [0, 0.1) is 25.2 Å². The van der Waals surface area contributed by atoms with Gasteiger partial charge in [-0.1, -0.05) is 17.7 Å². The number of nitriles is 1. The van der Waals surface area contributed by atoms with Gasteiger partial charge in [-0.2, -0.15) is 5.26 Å². The molecule has 0 bridgehead atoms. The van der Waals surface area contributed by atoms with Gasteiger partial charge in [-0.25, -0.2) is 0 Å². The Morgan fingerprint density at radius 1 is 1.00 bits per heavy atom. The Bertz CT molecular complexity index is 1340. The first-order valence-electron chi connectivity index (χ1n) is 10.8. The summed E-state index contributed by atoms with van der Waals surface area (Å²) >= 11 is 6.88. The molecule has 2 amide bonds. The number of nitrogens with one attached hydrogen (secondary N) is 2. The molecular weight excluding hydrogens is 590 g/mol. The van der Waals surface area contributed by atoms with Gasteiger partial charge in [0.25, 0.3) is 11.8 Å². The van der Waals surface area contributed by atoms with Crippen LogP contribution in [-0.2, 0) is 9.59 Å². The predicted molar refractivity (Wildman–Crippen MR) is 147 cm³/mol. The highest BCUT2D eigenvalue weighted by Crippen LogP contribution is 2.35. The third-order valence-electron chi connectivity index (χ3n) is 5.05. The van der Waals surface area contributed by atoms with E-state index in [1.807, 2.05) is 38.1 Å². The summed E-state index contributed by atoms with van der Waals surface area (Å²) < 4.78 is 11.9. The van der Waals surface area contributed by atoms with E-state index in [2.05, 4.69) is 42.5 Å². The highest BCUT2D eigenvalue weighted by molar-refractivity contribution is 9.11. The number of amides is 2. The lowest BCUT2D eigenvalue weighted by Crippen LogP contribution is -2.21. The number of halogens is 2. The minimum atomic E-state index is -0.543. The van der Waals surface area contributed by atoms with E-state index in [0.717, 1.165) is 16.8 Å². The molecule has 2 N–H and O–H groups in total. The molecule has 0 aliphatic rings. The van der Waals surface area contributed by atoms with Crippen LogP contribution in [0.15, 0.2) is 69.1 Å². The number of nitrogens with zero attached hydrogens (tertiary/aromatic N) is 1. The SMILES string of the molecule is COc1ccc(NC(=O)/C(C#N)=C\c2cc(Br)c(OCC(=O)Nc3ccc(C)cc3C)c(Br)c2)cc1. The Labute approximate surface area is 226 Å². The van der Waals surface area contributed by atoms with E-state index >= 15 is 0 Å². The minimum absolute atomic E-state index is 0.0777. The molecule has 3 aromatic carbocycles. The number of aryl methyl sites for hydroxylation is 2. The lowest BCUT2D eigenvalue weighted by molar-refractivity contribution is -0.118. The van der Waals surface area contributed by atoms with Crippen molar-refractivity contribution in [2.75, 3.05) is 24.4 Å². The van der Waals surface area contributed by atoms with E-state index in [-0.39, 0.29) is 18.1 Å². The average Bonchev–Trinajstić information content (AvgIpc) is 2.84.